The van der Waals surface area contributed by atoms with Crippen LogP contribution in [0.1, 0.15) is 19.8 Å². The zero-order valence-electron chi connectivity index (χ0n) is 10.8. The van der Waals surface area contributed by atoms with Crippen molar-refractivity contribution in [1.82, 2.24) is 6.15 Å². The number of aliphatic carboxylic acids is 1. The molecule has 0 heterocycles. The van der Waals surface area contributed by atoms with Gasteiger partial charge in [-0.3, -0.25) is 14.4 Å². The molecule has 0 bridgehead atoms. The zero-order valence-corrected chi connectivity index (χ0v) is 10.8. The molecule has 2 atom stereocenters. The van der Waals surface area contributed by atoms with Gasteiger partial charge in [0.05, 0.1) is 6.54 Å². The number of hydrogen-bond acceptors (Lipinski definition) is 7. The Morgan fingerprint density at radius 2 is 2.00 bits per heavy atom. The van der Waals surface area contributed by atoms with Crippen molar-refractivity contribution >= 4 is 17.7 Å². The summed E-state index contributed by atoms with van der Waals surface area (Å²) in [6.45, 7) is 3.92. The quantitative estimate of drug-likeness (QED) is 0.337. The van der Waals surface area contributed by atoms with Gasteiger partial charge in [-0.15, -0.1) is 0 Å². The standard InChI is InChI=1S/C11H17NO6.H3N/c1-3-7(13)11(2,17)8(4-5-9(14)15)18-10(16)6-12;/h3,8,17H,1,4-6,12H2,2H3,(H,14,15);1H3. The smallest absolute Gasteiger partial charge is 0.320 e. The molecule has 0 aliphatic carbocycles. The highest BCUT2D eigenvalue weighted by atomic mass is 16.6. The Hall–Kier alpha value is -1.77. The lowest BCUT2D eigenvalue weighted by molar-refractivity contribution is -0.168. The average molecular weight is 276 g/mol. The molecular formula is C11H20N2O6. The number of carboxylic acid groups (broad SMARTS) is 1. The fourth-order valence-corrected chi connectivity index (χ4v) is 1.28. The van der Waals surface area contributed by atoms with E-state index in [9.17, 15) is 19.5 Å². The molecule has 7 N–H and O–H groups in total. The Labute approximate surface area is 110 Å². The fourth-order valence-electron chi connectivity index (χ4n) is 1.28. The summed E-state index contributed by atoms with van der Waals surface area (Å²) in [5.74, 6) is -2.73. The van der Waals surface area contributed by atoms with E-state index in [1.54, 1.807) is 0 Å². The zero-order chi connectivity index (χ0) is 14.3. The third-order valence-electron chi connectivity index (χ3n) is 2.37. The number of carboxylic acids is 1. The molecule has 0 fully saturated rings. The second-order valence-electron chi connectivity index (χ2n) is 3.83. The van der Waals surface area contributed by atoms with E-state index in [0.717, 1.165) is 13.0 Å². The van der Waals surface area contributed by atoms with Crippen molar-refractivity contribution in [1.29, 1.82) is 0 Å². The fraction of sp³-hybridized carbons (Fsp3) is 0.545. The largest absolute Gasteiger partial charge is 0.481 e. The lowest BCUT2D eigenvalue weighted by atomic mass is 9.90. The van der Waals surface area contributed by atoms with Crippen molar-refractivity contribution in [2.24, 2.45) is 5.73 Å². The highest BCUT2D eigenvalue weighted by Gasteiger charge is 2.40. The van der Waals surface area contributed by atoms with Crippen LogP contribution in [0.5, 0.6) is 0 Å². The molecule has 110 valence electrons. The first-order chi connectivity index (χ1) is 8.25. The Balaban J connectivity index is 0. The molecule has 0 radical (unpaired) electrons. The van der Waals surface area contributed by atoms with Crippen molar-refractivity contribution in [3.8, 4) is 0 Å². The van der Waals surface area contributed by atoms with E-state index in [1.807, 2.05) is 0 Å². The highest BCUT2D eigenvalue weighted by Crippen LogP contribution is 2.20. The molecule has 0 amide bonds. The minimum Gasteiger partial charge on any atom is -0.481 e. The summed E-state index contributed by atoms with van der Waals surface area (Å²) in [5.41, 5.74) is 3.02. The van der Waals surface area contributed by atoms with E-state index in [2.05, 4.69) is 6.58 Å². The average Bonchev–Trinajstić information content (AvgIpc) is 2.32. The SMILES string of the molecule is C=CC(=O)C(C)(O)C(CCC(=O)O)OC(=O)CN.N. The Bertz CT molecular complexity index is 353. The predicted octanol–water partition coefficient (Wildman–Crippen LogP) is -0.610. The van der Waals surface area contributed by atoms with Crippen LogP contribution in [0.4, 0.5) is 0 Å². The van der Waals surface area contributed by atoms with Gasteiger partial charge in [-0.05, 0) is 19.4 Å². The van der Waals surface area contributed by atoms with Gasteiger partial charge in [-0.2, -0.15) is 0 Å². The molecule has 0 spiro atoms. The maximum Gasteiger partial charge on any atom is 0.320 e. The van der Waals surface area contributed by atoms with Gasteiger partial charge in [0, 0.05) is 6.42 Å². The van der Waals surface area contributed by atoms with Crippen LogP contribution in [0.25, 0.3) is 0 Å². The normalized spacial score (nSPS) is 14.5. The first-order valence-electron chi connectivity index (χ1n) is 5.26. The molecule has 2 unspecified atom stereocenters. The van der Waals surface area contributed by atoms with Crippen LogP contribution >= 0.6 is 0 Å². The number of ketones is 1. The minimum absolute atomic E-state index is 0. The van der Waals surface area contributed by atoms with Crippen LogP contribution in [0, 0.1) is 0 Å². The van der Waals surface area contributed by atoms with E-state index in [0.29, 0.717) is 0 Å². The number of rotatable bonds is 8. The number of carbonyl (C=O) groups is 3. The van der Waals surface area contributed by atoms with Gasteiger partial charge in [0.1, 0.15) is 6.10 Å². The first-order valence-corrected chi connectivity index (χ1v) is 5.26. The Kier molecular flexibility index (Phi) is 8.60. The van der Waals surface area contributed by atoms with Crippen molar-refractivity contribution in [3.63, 3.8) is 0 Å². The third kappa shape index (κ3) is 6.09. The molecule has 19 heavy (non-hydrogen) atoms. The number of ether oxygens (including phenoxy) is 1. The van der Waals surface area contributed by atoms with Gasteiger partial charge in [0.2, 0.25) is 0 Å². The van der Waals surface area contributed by atoms with Gasteiger partial charge >= 0.3 is 11.9 Å². The molecular weight excluding hydrogens is 256 g/mol. The summed E-state index contributed by atoms with van der Waals surface area (Å²) in [6.07, 6.45) is -0.962. The maximum atomic E-state index is 11.5. The van der Waals surface area contributed by atoms with Crippen LogP contribution < -0.4 is 11.9 Å². The number of hydrogen-bond donors (Lipinski definition) is 4. The minimum atomic E-state index is -2.03. The van der Waals surface area contributed by atoms with Crippen LogP contribution in [0.3, 0.4) is 0 Å². The Morgan fingerprint density at radius 3 is 2.37 bits per heavy atom. The summed E-state index contributed by atoms with van der Waals surface area (Å²) in [4.78, 5) is 33.0. The molecule has 0 aliphatic heterocycles. The molecule has 8 nitrogen and oxygen atoms in total. The van der Waals surface area contributed by atoms with Crippen molar-refractivity contribution in [3.05, 3.63) is 12.7 Å². The maximum absolute atomic E-state index is 11.5. The Morgan fingerprint density at radius 1 is 1.47 bits per heavy atom. The molecule has 0 rings (SSSR count). The second kappa shape index (κ2) is 8.35. The summed E-state index contributed by atoms with van der Waals surface area (Å²) >= 11 is 0. The highest BCUT2D eigenvalue weighted by molar-refractivity contribution is 5.96. The molecule has 0 aliphatic rings. The van der Waals surface area contributed by atoms with Gasteiger partial charge in [-0.1, -0.05) is 6.58 Å². The van der Waals surface area contributed by atoms with Crippen molar-refractivity contribution < 1.29 is 29.3 Å². The lowest BCUT2D eigenvalue weighted by Crippen LogP contribution is -2.49. The van der Waals surface area contributed by atoms with Crippen LogP contribution in [0.15, 0.2) is 12.7 Å². The van der Waals surface area contributed by atoms with Crippen molar-refractivity contribution in [2.75, 3.05) is 6.54 Å². The van der Waals surface area contributed by atoms with Crippen LogP contribution in [-0.2, 0) is 19.1 Å². The van der Waals surface area contributed by atoms with E-state index in [4.69, 9.17) is 15.6 Å². The summed E-state index contributed by atoms with van der Waals surface area (Å²) in [6, 6.07) is 0. The predicted molar refractivity (Wildman–Crippen MR) is 66.7 cm³/mol. The number of carbonyl (C=O) groups excluding carboxylic acids is 2. The molecule has 0 saturated carbocycles. The molecule has 8 heteroatoms. The first kappa shape index (κ1) is 19.6. The topological polar surface area (TPSA) is 162 Å². The monoisotopic (exact) mass is 276 g/mol. The number of aliphatic hydroxyl groups is 1. The van der Waals surface area contributed by atoms with Gasteiger partial charge < -0.3 is 26.8 Å². The van der Waals surface area contributed by atoms with E-state index in [1.165, 1.54) is 0 Å². The van der Waals surface area contributed by atoms with Gasteiger partial charge in [0.15, 0.2) is 11.4 Å². The molecule has 0 aromatic heterocycles. The molecule has 0 saturated heterocycles. The molecule has 0 aromatic carbocycles. The third-order valence-corrected chi connectivity index (χ3v) is 2.37. The van der Waals surface area contributed by atoms with Crippen LogP contribution in [0.2, 0.25) is 0 Å². The molecule has 0 aromatic rings. The van der Waals surface area contributed by atoms with E-state index in [-0.39, 0.29) is 19.0 Å². The van der Waals surface area contributed by atoms with E-state index < -0.39 is 36.0 Å². The summed E-state index contributed by atoms with van der Waals surface area (Å²) < 4.78 is 4.79. The summed E-state index contributed by atoms with van der Waals surface area (Å²) in [5, 5.41) is 18.5. The lowest BCUT2D eigenvalue weighted by Gasteiger charge is -2.29. The number of nitrogens with two attached hydrogens (primary N) is 1. The van der Waals surface area contributed by atoms with Gasteiger partial charge in [-0.25, -0.2) is 0 Å². The number of esters is 1. The van der Waals surface area contributed by atoms with Crippen molar-refractivity contribution in [2.45, 2.75) is 31.5 Å². The van der Waals surface area contributed by atoms with Gasteiger partial charge in [0.25, 0.3) is 0 Å². The van der Waals surface area contributed by atoms with E-state index >= 15 is 0 Å². The van der Waals surface area contributed by atoms with Crippen LogP contribution in [-0.4, -0.2) is 46.2 Å². The summed E-state index contributed by atoms with van der Waals surface area (Å²) in [7, 11) is 0. The second-order valence-corrected chi connectivity index (χ2v) is 3.83.